The summed E-state index contributed by atoms with van der Waals surface area (Å²) in [6.07, 6.45) is 20.2. The zero-order valence-electron chi connectivity index (χ0n) is 16.7. The van der Waals surface area contributed by atoms with Crippen molar-refractivity contribution in [2.75, 3.05) is 0 Å². The Hall–Kier alpha value is -0.300. The van der Waals surface area contributed by atoms with Crippen LogP contribution in [-0.2, 0) is 4.74 Å². The van der Waals surface area contributed by atoms with Gasteiger partial charge in [0, 0.05) is 0 Å². The van der Waals surface area contributed by atoms with Crippen molar-refractivity contribution >= 4 is 0 Å². The van der Waals surface area contributed by atoms with Crippen LogP contribution in [0.15, 0.2) is 12.2 Å². The molecule has 0 N–H and O–H groups in total. The second kappa shape index (κ2) is 5.85. The molecule has 1 saturated heterocycles. The molecule has 9 unspecified atom stereocenters. The molecule has 25 heavy (non-hydrogen) atoms. The van der Waals surface area contributed by atoms with Crippen LogP contribution in [0.2, 0.25) is 0 Å². The van der Waals surface area contributed by atoms with Gasteiger partial charge in [-0.15, -0.1) is 0 Å². The van der Waals surface area contributed by atoms with Crippen molar-refractivity contribution in [1.82, 2.24) is 0 Å². The Kier molecular flexibility index (Phi) is 3.94. The third-order valence-electron chi connectivity index (χ3n) is 10.0. The quantitative estimate of drug-likeness (QED) is 0.502. The average molecular weight is 343 g/mol. The van der Waals surface area contributed by atoms with Crippen molar-refractivity contribution in [2.24, 2.45) is 40.4 Å². The molecule has 1 heteroatoms. The van der Waals surface area contributed by atoms with E-state index in [-0.39, 0.29) is 0 Å². The molecule has 9 atom stereocenters. The summed E-state index contributed by atoms with van der Waals surface area (Å²) in [7, 11) is 0. The topological polar surface area (TPSA) is 9.23 Å². The summed E-state index contributed by atoms with van der Waals surface area (Å²) >= 11 is 0. The Balaban J connectivity index is 1.40. The minimum Gasteiger partial charge on any atom is -0.371 e. The number of fused-ring (bicyclic) bond motifs is 7. The normalized spacial score (nSPS) is 57.8. The summed E-state index contributed by atoms with van der Waals surface area (Å²) in [5, 5.41) is 0. The first kappa shape index (κ1) is 16.8. The molecule has 140 valence electrons. The van der Waals surface area contributed by atoms with E-state index in [2.05, 4.69) is 32.9 Å². The Bertz CT molecular complexity index is 552. The van der Waals surface area contributed by atoms with Crippen molar-refractivity contribution in [3.63, 3.8) is 0 Å². The van der Waals surface area contributed by atoms with E-state index >= 15 is 0 Å². The van der Waals surface area contributed by atoms with Crippen molar-refractivity contribution in [1.29, 1.82) is 0 Å². The van der Waals surface area contributed by atoms with Gasteiger partial charge in [-0.3, -0.25) is 0 Å². The van der Waals surface area contributed by atoms with E-state index < -0.39 is 0 Å². The molecule has 1 heterocycles. The fraction of sp³-hybridized carbons (Fsp3) is 0.917. The molecule has 0 aromatic heterocycles. The predicted molar refractivity (Wildman–Crippen MR) is 103 cm³/mol. The highest BCUT2D eigenvalue weighted by molar-refractivity contribution is 5.13. The monoisotopic (exact) mass is 342 g/mol. The van der Waals surface area contributed by atoms with Gasteiger partial charge in [-0.2, -0.15) is 0 Å². The summed E-state index contributed by atoms with van der Waals surface area (Å²) in [6, 6.07) is 0. The smallest absolute Gasteiger partial charge is 0.0763 e. The zero-order valence-corrected chi connectivity index (χ0v) is 16.7. The molecule has 0 radical (unpaired) electrons. The third-order valence-corrected chi connectivity index (χ3v) is 10.0. The van der Waals surface area contributed by atoms with Gasteiger partial charge in [-0.05, 0) is 98.7 Å². The maximum Gasteiger partial charge on any atom is 0.0763 e. The molecule has 1 aliphatic heterocycles. The molecule has 0 aromatic carbocycles. The minimum atomic E-state index is 0.405. The van der Waals surface area contributed by atoms with Gasteiger partial charge in [0.1, 0.15) is 0 Å². The number of rotatable bonds is 1. The highest BCUT2D eigenvalue weighted by Crippen LogP contribution is 2.69. The van der Waals surface area contributed by atoms with E-state index in [0.717, 1.165) is 29.6 Å². The van der Waals surface area contributed by atoms with Gasteiger partial charge in [0.2, 0.25) is 0 Å². The van der Waals surface area contributed by atoms with Crippen LogP contribution in [0.25, 0.3) is 0 Å². The van der Waals surface area contributed by atoms with Crippen LogP contribution < -0.4 is 0 Å². The summed E-state index contributed by atoms with van der Waals surface area (Å²) < 4.78 is 6.51. The number of hydrogen-bond donors (Lipinski definition) is 0. The Labute approximate surface area is 155 Å². The van der Waals surface area contributed by atoms with Crippen LogP contribution >= 0.6 is 0 Å². The van der Waals surface area contributed by atoms with E-state index in [1.807, 2.05) is 0 Å². The molecule has 0 amide bonds. The average Bonchev–Trinajstić information content (AvgIpc) is 3.11. The van der Waals surface area contributed by atoms with E-state index in [1.54, 1.807) is 0 Å². The van der Waals surface area contributed by atoms with Crippen LogP contribution in [-0.4, -0.2) is 12.2 Å². The summed E-state index contributed by atoms with van der Waals surface area (Å²) in [5.74, 6) is 4.86. The molecule has 0 bridgehead atoms. The first-order valence-corrected chi connectivity index (χ1v) is 11.3. The molecule has 5 rings (SSSR count). The molecule has 0 spiro atoms. The fourth-order valence-corrected chi connectivity index (χ4v) is 8.83. The third kappa shape index (κ3) is 2.30. The van der Waals surface area contributed by atoms with Gasteiger partial charge in [-0.25, -0.2) is 0 Å². The summed E-state index contributed by atoms with van der Waals surface area (Å²) in [6.45, 7) is 7.50. The lowest BCUT2D eigenvalue weighted by molar-refractivity contribution is -0.111. The Morgan fingerprint density at radius 2 is 1.72 bits per heavy atom. The lowest BCUT2D eigenvalue weighted by Gasteiger charge is -2.60. The number of hydrogen-bond acceptors (Lipinski definition) is 1. The van der Waals surface area contributed by atoms with E-state index in [9.17, 15) is 0 Å². The summed E-state index contributed by atoms with van der Waals surface area (Å²) in [5.41, 5.74) is 1.24. The second-order valence-electron chi connectivity index (χ2n) is 10.8. The van der Waals surface area contributed by atoms with Gasteiger partial charge in [0.25, 0.3) is 0 Å². The van der Waals surface area contributed by atoms with Crippen molar-refractivity contribution < 1.29 is 4.74 Å². The van der Waals surface area contributed by atoms with Crippen molar-refractivity contribution in [3.05, 3.63) is 12.2 Å². The second-order valence-corrected chi connectivity index (χ2v) is 10.8. The number of allylic oxidation sites excluding steroid dienone is 1. The lowest BCUT2D eigenvalue weighted by Crippen LogP contribution is -2.52. The van der Waals surface area contributed by atoms with E-state index in [1.165, 1.54) is 64.2 Å². The minimum absolute atomic E-state index is 0.405. The summed E-state index contributed by atoms with van der Waals surface area (Å²) in [4.78, 5) is 0. The molecule has 5 fully saturated rings. The zero-order chi connectivity index (χ0) is 17.2. The van der Waals surface area contributed by atoms with E-state index in [0.29, 0.717) is 23.0 Å². The standard InChI is InChI=1S/C24H38O/c1-4-7-17-14-21-22(25-17)15-20-18-10-9-16-8-5-6-12-23(16,2)19(18)11-13-24(20,21)3/h4,7,16-22H,5-6,8-15H2,1-3H3. The van der Waals surface area contributed by atoms with Crippen LogP contribution in [0.4, 0.5) is 0 Å². The SMILES string of the molecule is CC=CC1CC2C(CC3C4CCC5CCCCC5(C)C4CCC23C)O1. The highest BCUT2D eigenvalue weighted by Gasteiger charge is 2.63. The maximum absolute atomic E-state index is 6.51. The predicted octanol–water partition coefficient (Wildman–Crippen LogP) is 6.38. The first-order chi connectivity index (χ1) is 12.1. The molecule has 4 saturated carbocycles. The fourth-order valence-electron chi connectivity index (χ4n) is 8.83. The van der Waals surface area contributed by atoms with Gasteiger partial charge >= 0.3 is 0 Å². The lowest BCUT2D eigenvalue weighted by atomic mass is 9.45. The van der Waals surface area contributed by atoms with E-state index in [4.69, 9.17) is 4.74 Å². The Morgan fingerprint density at radius 3 is 2.56 bits per heavy atom. The van der Waals surface area contributed by atoms with Crippen molar-refractivity contribution in [2.45, 2.75) is 97.2 Å². The maximum atomic E-state index is 6.51. The molecular formula is C24H38O. The highest BCUT2D eigenvalue weighted by atomic mass is 16.5. The molecule has 0 aromatic rings. The Morgan fingerprint density at radius 1 is 0.840 bits per heavy atom. The number of ether oxygens (including phenoxy) is 1. The largest absolute Gasteiger partial charge is 0.371 e. The van der Waals surface area contributed by atoms with Gasteiger partial charge in [-0.1, -0.05) is 38.8 Å². The van der Waals surface area contributed by atoms with Crippen molar-refractivity contribution in [3.8, 4) is 0 Å². The van der Waals surface area contributed by atoms with Gasteiger partial charge in [0.05, 0.1) is 12.2 Å². The molecule has 4 aliphatic carbocycles. The molecule has 1 nitrogen and oxygen atoms in total. The van der Waals surface area contributed by atoms with Crippen LogP contribution in [0.3, 0.4) is 0 Å². The van der Waals surface area contributed by atoms with Crippen LogP contribution in [0.5, 0.6) is 0 Å². The molecular weight excluding hydrogens is 304 g/mol. The molecule has 5 aliphatic rings. The van der Waals surface area contributed by atoms with Gasteiger partial charge < -0.3 is 4.74 Å². The van der Waals surface area contributed by atoms with Crippen LogP contribution in [0, 0.1) is 40.4 Å². The first-order valence-electron chi connectivity index (χ1n) is 11.3. The van der Waals surface area contributed by atoms with Crippen LogP contribution in [0.1, 0.15) is 85.0 Å². The van der Waals surface area contributed by atoms with Gasteiger partial charge in [0.15, 0.2) is 0 Å².